The molecular weight excluding hydrogens is 579 g/mol. The zero-order chi connectivity index (χ0) is 31.2. The zero-order valence-electron chi connectivity index (χ0n) is 24.5. The van der Waals surface area contributed by atoms with Crippen LogP contribution in [0.3, 0.4) is 0 Å². The number of hydrogen-bond acceptors (Lipinski definition) is 8. The van der Waals surface area contributed by atoms with E-state index in [4.69, 9.17) is 11.6 Å². The molecule has 1 saturated heterocycles. The number of fused-ring (bicyclic) bond motifs is 1. The average Bonchev–Trinajstić information content (AvgIpc) is 3.55. The van der Waals surface area contributed by atoms with Crippen LogP contribution in [-0.2, 0) is 4.79 Å². The highest BCUT2D eigenvalue weighted by molar-refractivity contribution is 6.35. The summed E-state index contributed by atoms with van der Waals surface area (Å²) in [6, 6.07) is 15.6. The zero-order valence-corrected chi connectivity index (χ0v) is 25.3. The molecular formula is C33H34ClFN8O. The normalized spacial score (nSPS) is 16.4. The van der Waals surface area contributed by atoms with Crippen molar-refractivity contribution in [1.29, 1.82) is 5.26 Å². The predicted molar refractivity (Wildman–Crippen MR) is 173 cm³/mol. The number of alkyl halides is 1. The fraction of sp³-hybridized carbons (Fsp3) is 0.242. The number of rotatable bonds is 11. The summed E-state index contributed by atoms with van der Waals surface area (Å²) in [7, 11) is 0. The molecule has 11 heteroatoms. The van der Waals surface area contributed by atoms with Gasteiger partial charge in [0.05, 0.1) is 52.7 Å². The van der Waals surface area contributed by atoms with E-state index in [9.17, 15) is 14.4 Å². The molecule has 0 saturated carbocycles. The Bertz CT molecular complexity index is 1690. The summed E-state index contributed by atoms with van der Waals surface area (Å²) in [5.41, 5.74) is 14.2. The van der Waals surface area contributed by atoms with E-state index in [0.29, 0.717) is 44.0 Å². The van der Waals surface area contributed by atoms with Crippen molar-refractivity contribution in [3.8, 4) is 6.07 Å². The molecule has 44 heavy (non-hydrogen) atoms. The van der Waals surface area contributed by atoms with Crippen LogP contribution in [0, 0.1) is 11.3 Å². The number of nitrogens with one attached hydrogen (secondary N) is 5. The van der Waals surface area contributed by atoms with Gasteiger partial charge in [-0.15, -0.1) is 0 Å². The first kappa shape index (κ1) is 30.6. The minimum absolute atomic E-state index is 0.0326. The minimum Gasteiger partial charge on any atom is -0.377 e. The van der Waals surface area contributed by atoms with Gasteiger partial charge < -0.3 is 26.4 Å². The summed E-state index contributed by atoms with van der Waals surface area (Å²) in [5.74, 6) is -0.185. The molecule has 1 amide bonds. The number of nitriles is 1. The number of amides is 1. The SMILES string of the molecule is C=C(/C=C\C=C(/C)C(=O)N1CC(F)C1)[C@H](Nc1cc(Cl)c2ncc(C#N)c(N[C@H](CC)c3ccccc3)c2c1)C1=CNNN1. The van der Waals surface area contributed by atoms with Gasteiger partial charge in [-0.2, -0.15) is 10.8 Å². The van der Waals surface area contributed by atoms with Gasteiger partial charge in [-0.1, -0.05) is 73.7 Å². The van der Waals surface area contributed by atoms with Crippen LogP contribution in [0.5, 0.6) is 0 Å². The number of benzene rings is 2. The first-order chi connectivity index (χ1) is 21.3. The molecule has 5 N–H and O–H groups in total. The predicted octanol–water partition coefficient (Wildman–Crippen LogP) is 5.80. The number of aromatic nitrogens is 1. The van der Waals surface area contributed by atoms with Crippen molar-refractivity contribution in [3.05, 3.63) is 113 Å². The van der Waals surface area contributed by atoms with Crippen LogP contribution in [0.4, 0.5) is 15.8 Å². The maximum atomic E-state index is 13.2. The molecule has 0 spiro atoms. The monoisotopic (exact) mass is 612 g/mol. The number of pyridine rings is 1. The van der Waals surface area contributed by atoms with Gasteiger partial charge in [0.15, 0.2) is 0 Å². The number of carbonyl (C=O) groups excluding carboxylic acids is 1. The van der Waals surface area contributed by atoms with Crippen LogP contribution in [0.15, 0.2) is 96.5 Å². The molecule has 5 rings (SSSR count). The van der Waals surface area contributed by atoms with Gasteiger partial charge in [-0.25, -0.2) is 4.39 Å². The third-order valence-electron chi connectivity index (χ3n) is 7.59. The maximum absolute atomic E-state index is 13.2. The summed E-state index contributed by atoms with van der Waals surface area (Å²) in [6.45, 7) is 8.33. The van der Waals surface area contributed by atoms with Crippen LogP contribution >= 0.6 is 11.6 Å². The molecule has 3 heterocycles. The number of carbonyl (C=O) groups is 1. The van der Waals surface area contributed by atoms with Gasteiger partial charge in [0, 0.05) is 29.0 Å². The van der Waals surface area contributed by atoms with E-state index >= 15 is 0 Å². The number of nitrogens with zero attached hydrogens (tertiary/aromatic N) is 3. The smallest absolute Gasteiger partial charge is 0.249 e. The number of likely N-dealkylation sites (tertiary alicyclic amines) is 1. The van der Waals surface area contributed by atoms with E-state index in [-0.39, 0.29) is 25.0 Å². The van der Waals surface area contributed by atoms with Crippen molar-refractivity contribution in [2.24, 2.45) is 0 Å². The number of hydrogen-bond donors (Lipinski definition) is 5. The van der Waals surface area contributed by atoms with Crippen molar-refractivity contribution in [2.75, 3.05) is 23.7 Å². The molecule has 0 unspecified atom stereocenters. The lowest BCUT2D eigenvalue weighted by Gasteiger charge is -2.34. The standard InChI is InChI=1S/C33H34ClFN8O/c1-4-28(22-11-6-5-7-12-22)40-31-23(15-36)16-37-32-26(31)13-25(14-27(32)34)39-30(29-17-38-42-41-29)20(2)9-8-10-21(3)33(44)43-18-24(35)19-43/h5-14,16-17,24,28,30,38-39,41-42H,2,4,18-19H2,1,3H3,(H,37,40)/b9-8-,21-10+/t28-,30+/m1/s1. The van der Waals surface area contributed by atoms with Crippen LogP contribution in [-0.4, -0.2) is 41.1 Å². The quantitative estimate of drug-likeness (QED) is 0.136. The Hall–Kier alpha value is -4.85. The van der Waals surface area contributed by atoms with Gasteiger partial charge >= 0.3 is 0 Å². The van der Waals surface area contributed by atoms with E-state index in [1.807, 2.05) is 24.3 Å². The Balaban J connectivity index is 1.44. The molecule has 0 radical (unpaired) electrons. The first-order valence-corrected chi connectivity index (χ1v) is 14.7. The molecule has 1 fully saturated rings. The summed E-state index contributed by atoms with van der Waals surface area (Å²) in [4.78, 5) is 18.4. The first-order valence-electron chi connectivity index (χ1n) is 14.3. The Labute approximate surface area is 261 Å². The number of allylic oxidation sites excluding steroid dienone is 2. The third kappa shape index (κ3) is 6.70. The van der Waals surface area contributed by atoms with Crippen molar-refractivity contribution < 1.29 is 9.18 Å². The van der Waals surface area contributed by atoms with Gasteiger partial charge in [-0.3, -0.25) is 9.78 Å². The number of hydrazine groups is 2. The lowest BCUT2D eigenvalue weighted by molar-refractivity contribution is -0.133. The van der Waals surface area contributed by atoms with E-state index < -0.39 is 12.2 Å². The van der Waals surface area contributed by atoms with E-state index in [0.717, 1.165) is 17.7 Å². The largest absolute Gasteiger partial charge is 0.377 e. The van der Waals surface area contributed by atoms with E-state index in [1.54, 1.807) is 43.6 Å². The van der Waals surface area contributed by atoms with Gasteiger partial charge in [0.1, 0.15) is 12.2 Å². The van der Waals surface area contributed by atoms with Crippen molar-refractivity contribution in [3.63, 3.8) is 0 Å². The molecule has 9 nitrogen and oxygen atoms in total. The maximum Gasteiger partial charge on any atom is 0.249 e. The molecule has 2 aromatic carbocycles. The number of anilines is 2. The average molecular weight is 613 g/mol. The highest BCUT2D eigenvalue weighted by Crippen LogP contribution is 2.36. The van der Waals surface area contributed by atoms with Crippen LogP contribution in [0.1, 0.15) is 37.4 Å². The second-order valence-corrected chi connectivity index (χ2v) is 11.1. The lowest BCUT2D eigenvalue weighted by Crippen LogP contribution is -2.51. The second kappa shape index (κ2) is 13.6. The Kier molecular flexibility index (Phi) is 9.48. The minimum atomic E-state index is -0.946. The molecule has 0 aliphatic carbocycles. The molecule has 0 bridgehead atoms. The van der Waals surface area contributed by atoms with Gasteiger partial charge in [-0.05, 0) is 36.6 Å². The van der Waals surface area contributed by atoms with E-state index in [1.165, 1.54) is 4.90 Å². The Morgan fingerprint density at radius 1 is 1.30 bits per heavy atom. The topological polar surface area (TPSA) is 117 Å². The lowest BCUT2D eigenvalue weighted by atomic mass is 10.0. The summed E-state index contributed by atoms with van der Waals surface area (Å²) in [5, 5.41) is 18.2. The molecule has 2 atom stereocenters. The molecule has 2 aliphatic rings. The van der Waals surface area contributed by atoms with Crippen LogP contribution in [0.25, 0.3) is 10.9 Å². The molecule has 226 valence electrons. The molecule has 2 aliphatic heterocycles. The highest BCUT2D eigenvalue weighted by atomic mass is 35.5. The van der Waals surface area contributed by atoms with Gasteiger partial charge in [0.2, 0.25) is 5.91 Å². The second-order valence-electron chi connectivity index (χ2n) is 10.7. The molecule has 3 aromatic rings. The van der Waals surface area contributed by atoms with Crippen LogP contribution < -0.4 is 27.0 Å². The van der Waals surface area contributed by atoms with Crippen molar-refractivity contribution >= 4 is 39.8 Å². The number of halogens is 2. The summed E-state index contributed by atoms with van der Waals surface area (Å²) in [6.07, 6.45) is 8.42. The Morgan fingerprint density at radius 2 is 2.07 bits per heavy atom. The highest BCUT2D eigenvalue weighted by Gasteiger charge is 2.30. The Morgan fingerprint density at radius 3 is 2.73 bits per heavy atom. The van der Waals surface area contributed by atoms with Crippen LogP contribution in [0.2, 0.25) is 5.02 Å². The fourth-order valence-corrected chi connectivity index (χ4v) is 5.41. The van der Waals surface area contributed by atoms with E-state index in [2.05, 4.69) is 63.7 Å². The van der Waals surface area contributed by atoms with Gasteiger partial charge in [0.25, 0.3) is 0 Å². The third-order valence-corrected chi connectivity index (χ3v) is 7.88. The summed E-state index contributed by atoms with van der Waals surface area (Å²) >= 11 is 6.77. The summed E-state index contributed by atoms with van der Waals surface area (Å²) < 4.78 is 13.2. The fourth-order valence-electron chi connectivity index (χ4n) is 5.14. The van der Waals surface area contributed by atoms with Crippen molar-refractivity contribution in [1.82, 2.24) is 26.3 Å². The van der Waals surface area contributed by atoms with Crippen molar-refractivity contribution in [2.45, 2.75) is 38.5 Å². The molecule has 1 aromatic heterocycles.